The Bertz CT molecular complexity index is 1960. The van der Waals surface area contributed by atoms with Gasteiger partial charge in [-0.2, -0.15) is 10.1 Å². The summed E-state index contributed by atoms with van der Waals surface area (Å²) in [5, 5.41) is 19.1. The standard InChI is InChI=1S/C35H40N6O5/c1-3-7-30-29(20-23-10-12-24(13-11-23)27-8-4-5-9-28(27)31-37-34(43)46-39-31)32(42)40(33-36-22(2)38-41(30)33)25-14-16-26(17-15-25)45-21-35(44)18-6-19-35/h4-5,8-13,25-26,44H,3,6-7,14-21H2,1-2H3,(H,37,39,43)/t25-,26-. The number of aliphatic hydroxyl groups is 1. The fraction of sp³-hybridized carbons (Fsp3) is 0.457. The van der Waals surface area contributed by atoms with E-state index in [0.717, 1.165) is 91.3 Å². The lowest BCUT2D eigenvalue weighted by molar-refractivity contribution is -0.120. The van der Waals surface area contributed by atoms with Crippen LogP contribution >= 0.6 is 0 Å². The Hall–Kier alpha value is -4.35. The Kier molecular flexibility index (Phi) is 8.20. The minimum atomic E-state index is -0.651. The Morgan fingerprint density at radius 3 is 2.43 bits per heavy atom. The first-order chi connectivity index (χ1) is 22.3. The van der Waals surface area contributed by atoms with Crippen LogP contribution in [-0.4, -0.2) is 52.7 Å². The van der Waals surface area contributed by atoms with Gasteiger partial charge in [0.25, 0.3) is 5.56 Å². The molecule has 11 heteroatoms. The van der Waals surface area contributed by atoms with Crippen molar-refractivity contribution in [3.63, 3.8) is 0 Å². The second kappa shape index (κ2) is 12.4. The van der Waals surface area contributed by atoms with Crippen molar-refractivity contribution in [1.29, 1.82) is 0 Å². The van der Waals surface area contributed by atoms with Crippen LogP contribution in [0.25, 0.3) is 28.3 Å². The summed E-state index contributed by atoms with van der Waals surface area (Å²) in [6.07, 6.45) is 8.14. The molecule has 5 aromatic rings. The Labute approximate surface area is 266 Å². The highest BCUT2D eigenvalue weighted by Crippen LogP contribution is 2.35. The molecule has 7 rings (SSSR count). The van der Waals surface area contributed by atoms with Gasteiger partial charge in [0.05, 0.1) is 24.0 Å². The monoisotopic (exact) mass is 624 g/mol. The second-order valence-electron chi connectivity index (χ2n) is 12.9. The zero-order valence-electron chi connectivity index (χ0n) is 26.4. The summed E-state index contributed by atoms with van der Waals surface area (Å²) in [6, 6.07) is 15.9. The molecule has 2 saturated carbocycles. The lowest BCUT2D eigenvalue weighted by Crippen LogP contribution is -2.43. The Morgan fingerprint density at radius 1 is 1.04 bits per heavy atom. The van der Waals surface area contributed by atoms with Gasteiger partial charge in [0.15, 0.2) is 5.82 Å². The highest BCUT2D eigenvalue weighted by Gasteiger charge is 2.36. The van der Waals surface area contributed by atoms with Crippen LogP contribution in [0, 0.1) is 6.92 Å². The predicted octanol–water partition coefficient (Wildman–Crippen LogP) is 5.17. The molecule has 2 N–H and O–H groups in total. The van der Waals surface area contributed by atoms with Gasteiger partial charge < -0.3 is 9.84 Å². The minimum Gasteiger partial charge on any atom is -0.387 e. The number of hydrogen-bond donors (Lipinski definition) is 2. The molecule has 11 nitrogen and oxygen atoms in total. The van der Waals surface area contributed by atoms with Gasteiger partial charge in [-0.3, -0.25) is 18.9 Å². The van der Waals surface area contributed by atoms with E-state index in [4.69, 9.17) is 19.3 Å². The molecule has 2 aliphatic rings. The van der Waals surface area contributed by atoms with Gasteiger partial charge in [-0.1, -0.05) is 67.0 Å². The number of ether oxygens (including phenoxy) is 1. The number of rotatable bonds is 10. The highest BCUT2D eigenvalue weighted by molar-refractivity contribution is 5.80. The van der Waals surface area contributed by atoms with E-state index in [0.29, 0.717) is 30.5 Å². The van der Waals surface area contributed by atoms with E-state index in [9.17, 15) is 14.7 Å². The molecule has 3 heterocycles. The van der Waals surface area contributed by atoms with Gasteiger partial charge in [0.2, 0.25) is 5.78 Å². The van der Waals surface area contributed by atoms with Crippen molar-refractivity contribution in [3.8, 4) is 22.5 Å². The van der Waals surface area contributed by atoms with Crippen LogP contribution in [0.3, 0.4) is 0 Å². The molecular formula is C35H40N6O5. The molecule has 0 radical (unpaired) electrons. The van der Waals surface area contributed by atoms with E-state index in [-0.39, 0.29) is 17.7 Å². The third kappa shape index (κ3) is 5.85. The average Bonchev–Trinajstić information content (AvgIpc) is 3.66. The van der Waals surface area contributed by atoms with E-state index in [1.54, 1.807) is 0 Å². The zero-order chi connectivity index (χ0) is 31.8. The lowest BCUT2D eigenvalue weighted by Gasteiger charge is -2.38. The second-order valence-corrected chi connectivity index (χ2v) is 12.9. The Morgan fingerprint density at radius 2 is 1.78 bits per heavy atom. The van der Waals surface area contributed by atoms with Crippen molar-refractivity contribution >= 4 is 5.78 Å². The number of aromatic nitrogens is 6. The molecule has 46 heavy (non-hydrogen) atoms. The first kappa shape index (κ1) is 30.3. The van der Waals surface area contributed by atoms with Crippen LogP contribution in [0.4, 0.5) is 0 Å². The van der Waals surface area contributed by atoms with Gasteiger partial charge in [-0.25, -0.2) is 9.31 Å². The maximum atomic E-state index is 14.4. The number of H-pyrrole nitrogens is 1. The van der Waals surface area contributed by atoms with Crippen molar-refractivity contribution in [3.05, 3.63) is 92.1 Å². The molecular weight excluding hydrogens is 584 g/mol. The molecule has 2 aromatic carbocycles. The van der Waals surface area contributed by atoms with E-state index >= 15 is 0 Å². The van der Waals surface area contributed by atoms with Crippen molar-refractivity contribution in [2.24, 2.45) is 0 Å². The first-order valence-electron chi connectivity index (χ1n) is 16.4. The third-order valence-corrected chi connectivity index (χ3v) is 9.63. The predicted molar refractivity (Wildman–Crippen MR) is 173 cm³/mol. The van der Waals surface area contributed by atoms with E-state index < -0.39 is 11.4 Å². The first-order valence-corrected chi connectivity index (χ1v) is 16.4. The molecule has 0 unspecified atom stereocenters. The van der Waals surface area contributed by atoms with Crippen LogP contribution in [-0.2, 0) is 17.6 Å². The SMILES string of the molecule is CCCc1c(Cc2ccc(-c3ccccc3-c3noc(=O)[nH]3)cc2)c(=O)n([C@H]2CC[C@H](OCC3(O)CCC3)CC2)c2nc(C)nn12. The fourth-order valence-corrected chi connectivity index (χ4v) is 6.99. The number of nitrogens with one attached hydrogen (secondary N) is 1. The zero-order valence-corrected chi connectivity index (χ0v) is 26.4. The number of nitrogens with zero attached hydrogens (tertiary/aromatic N) is 5. The van der Waals surface area contributed by atoms with Crippen molar-refractivity contribution in [2.75, 3.05) is 6.61 Å². The maximum absolute atomic E-state index is 14.4. The smallest absolute Gasteiger partial charge is 0.387 e. The molecule has 3 aromatic heterocycles. The van der Waals surface area contributed by atoms with Crippen LogP contribution < -0.4 is 11.3 Å². The number of fused-ring (bicyclic) bond motifs is 1. The molecule has 0 atom stereocenters. The third-order valence-electron chi connectivity index (χ3n) is 9.63. The van der Waals surface area contributed by atoms with E-state index in [1.165, 1.54) is 0 Å². The molecule has 2 fully saturated rings. The number of hydrogen-bond acceptors (Lipinski definition) is 8. The van der Waals surface area contributed by atoms with Crippen molar-refractivity contribution < 1.29 is 14.4 Å². The van der Waals surface area contributed by atoms with Gasteiger partial charge in [0, 0.05) is 23.6 Å². The normalized spacial score (nSPS) is 19.4. The molecule has 2 aliphatic carbocycles. The largest absolute Gasteiger partial charge is 0.439 e. The molecule has 0 bridgehead atoms. The van der Waals surface area contributed by atoms with Gasteiger partial charge in [-0.05, 0) is 75.0 Å². The quantitative estimate of drug-likeness (QED) is 0.217. The summed E-state index contributed by atoms with van der Waals surface area (Å²) in [5.74, 6) is 1.03. The van der Waals surface area contributed by atoms with Crippen molar-refractivity contribution in [1.82, 2.24) is 29.3 Å². The van der Waals surface area contributed by atoms with E-state index in [1.807, 2.05) is 64.5 Å². The van der Waals surface area contributed by atoms with Gasteiger partial charge in [-0.15, -0.1) is 0 Å². The molecule has 240 valence electrons. The van der Waals surface area contributed by atoms with Crippen LogP contribution in [0.2, 0.25) is 0 Å². The van der Waals surface area contributed by atoms with E-state index in [2.05, 4.69) is 17.1 Å². The number of aryl methyl sites for hydroxylation is 2. The lowest BCUT2D eigenvalue weighted by atomic mass is 9.81. The summed E-state index contributed by atoms with van der Waals surface area (Å²) in [5.41, 5.74) is 4.66. The number of benzene rings is 2. The minimum absolute atomic E-state index is 0.000839. The average molecular weight is 625 g/mol. The van der Waals surface area contributed by atoms with Gasteiger partial charge >= 0.3 is 5.76 Å². The molecule has 0 aliphatic heterocycles. The fourth-order valence-electron chi connectivity index (χ4n) is 6.99. The summed E-state index contributed by atoms with van der Waals surface area (Å²) in [7, 11) is 0. The Balaban J connectivity index is 1.18. The summed E-state index contributed by atoms with van der Waals surface area (Å²) < 4.78 is 14.6. The summed E-state index contributed by atoms with van der Waals surface area (Å²) >= 11 is 0. The van der Waals surface area contributed by atoms with Crippen LogP contribution in [0.5, 0.6) is 0 Å². The summed E-state index contributed by atoms with van der Waals surface area (Å²) in [6.45, 7) is 4.38. The maximum Gasteiger partial charge on any atom is 0.439 e. The molecule has 0 spiro atoms. The number of aromatic amines is 1. The molecule has 0 amide bonds. The summed E-state index contributed by atoms with van der Waals surface area (Å²) in [4.78, 5) is 33.4. The topological polar surface area (TPSA) is 141 Å². The van der Waals surface area contributed by atoms with Crippen LogP contribution in [0.15, 0.2) is 62.6 Å². The van der Waals surface area contributed by atoms with Crippen molar-refractivity contribution in [2.45, 2.75) is 95.8 Å². The van der Waals surface area contributed by atoms with Crippen LogP contribution in [0.1, 0.15) is 87.0 Å². The highest BCUT2D eigenvalue weighted by atomic mass is 16.5. The van der Waals surface area contributed by atoms with Gasteiger partial charge in [0.1, 0.15) is 5.82 Å². The molecule has 0 saturated heterocycles.